The van der Waals surface area contributed by atoms with Crippen molar-refractivity contribution in [3.05, 3.63) is 53.6 Å². The van der Waals surface area contributed by atoms with Gasteiger partial charge in [0, 0.05) is 31.3 Å². The Morgan fingerprint density at radius 1 is 1.19 bits per heavy atom. The molecule has 2 aromatic carbocycles. The minimum Gasteiger partial charge on any atom is -0.492 e. The highest BCUT2D eigenvalue weighted by molar-refractivity contribution is 14.0. The second kappa shape index (κ2) is 12.3. The van der Waals surface area contributed by atoms with Gasteiger partial charge in [0.25, 0.3) is 0 Å². The number of guanidine groups is 1. The molecule has 168 valence electrons. The van der Waals surface area contributed by atoms with E-state index in [9.17, 15) is 13.6 Å². The normalized spacial score (nSPS) is 13.0. The molecule has 0 aliphatic carbocycles. The van der Waals surface area contributed by atoms with Crippen LogP contribution in [-0.2, 0) is 17.8 Å². The van der Waals surface area contributed by atoms with Crippen molar-refractivity contribution in [3.63, 3.8) is 0 Å². The van der Waals surface area contributed by atoms with Gasteiger partial charge in [-0.05, 0) is 36.2 Å². The number of halogens is 3. The summed E-state index contributed by atoms with van der Waals surface area (Å²) in [6.07, 6.45) is 1.18. The van der Waals surface area contributed by atoms with Crippen LogP contribution in [0, 0.1) is 0 Å². The molecule has 0 aromatic heterocycles. The summed E-state index contributed by atoms with van der Waals surface area (Å²) >= 11 is 0. The number of rotatable bonds is 8. The number of hydrogen-bond acceptors (Lipinski definition) is 4. The summed E-state index contributed by atoms with van der Waals surface area (Å²) < 4.78 is 35.3. The Labute approximate surface area is 196 Å². The van der Waals surface area contributed by atoms with Crippen LogP contribution in [0.4, 0.5) is 14.5 Å². The Bertz CT molecular complexity index is 912. The number of nitrogens with one attached hydrogen (secondary N) is 3. The van der Waals surface area contributed by atoms with E-state index in [1.165, 1.54) is 6.07 Å². The highest BCUT2D eigenvalue weighted by Crippen LogP contribution is 2.26. The number of carbonyl (C=O) groups excluding carboxylic acids is 1. The Balaban J connectivity index is 0.00000341. The van der Waals surface area contributed by atoms with Crippen molar-refractivity contribution in [3.8, 4) is 11.5 Å². The van der Waals surface area contributed by atoms with Crippen LogP contribution in [0.15, 0.2) is 47.5 Å². The summed E-state index contributed by atoms with van der Waals surface area (Å²) in [6, 6.07) is 12.2. The Morgan fingerprint density at radius 2 is 2.00 bits per heavy atom. The second-order valence-electron chi connectivity index (χ2n) is 6.55. The van der Waals surface area contributed by atoms with Gasteiger partial charge in [-0.25, -0.2) is 0 Å². The fourth-order valence-corrected chi connectivity index (χ4v) is 3.05. The molecule has 3 rings (SSSR count). The number of alkyl halides is 2. The van der Waals surface area contributed by atoms with Gasteiger partial charge < -0.3 is 25.4 Å². The molecule has 1 aliphatic heterocycles. The summed E-state index contributed by atoms with van der Waals surface area (Å²) in [5.74, 6) is 1.40. The van der Waals surface area contributed by atoms with Gasteiger partial charge >= 0.3 is 6.61 Å². The number of aliphatic imine (C=N–C) groups is 1. The number of ether oxygens (including phenoxy) is 2. The Kier molecular flexibility index (Phi) is 9.76. The van der Waals surface area contributed by atoms with Crippen molar-refractivity contribution in [2.75, 3.05) is 25.5 Å². The molecule has 10 heteroatoms. The minimum absolute atomic E-state index is 0. The van der Waals surface area contributed by atoms with E-state index in [0.29, 0.717) is 37.5 Å². The maximum atomic E-state index is 12.5. The highest BCUT2D eigenvalue weighted by Gasteiger charge is 2.15. The lowest BCUT2D eigenvalue weighted by atomic mass is 10.0. The highest BCUT2D eigenvalue weighted by atomic mass is 127. The molecule has 1 amide bonds. The van der Waals surface area contributed by atoms with E-state index in [4.69, 9.17) is 4.74 Å². The van der Waals surface area contributed by atoms with Gasteiger partial charge in [0.2, 0.25) is 5.91 Å². The van der Waals surface area contributed by atoms with E-state index in [1.54, 1.807) is 25.2 Å². The van der Waals surface area contributed by atoms with Gasteiger partial charge in [0.05, 0.1) is 6.54 Å². The topological polar surface area (TPSA) is 84.0 Å². The predicted octanol–water partition coefficient (Wildman–Crippen LogP) is 3.53. The van der Waals surface area contributed by atoms with Gasteiger partial charge in [0.1, 0.15) is 18.1 Å². The molecule has 1 heterocycles. The smallest absolute Gasteiger partial charge is 0.387 e. The third-order valence-electron chi connectivity index (χ3n) is 4.49. The lowest BCUT2D eigenvalue weighted by Crippen LogP contribution is -2.39. The van der Waals surface area contributed by atoms with Crippen molar-refractivity contribution >= 4 is 41.5 Å². The maximum absolute atomic E-state index is 12.5. The van der Waals surface area contributed by atoms with Crippen LogP contribution >= 0.6 is 24.0 Å². The molecule has 7 nitrogen and oxygen atoms in total. The maximum Gasteiger partial charge on any atom is 0.387 e. The van der Waals surface area contributed by atoms with Gasteiger partial charge in [-0.3, -0.25) is 9.79 Å². The average molecular weight is 546 g/mol. The quantitative estimate of drug-likeness (QED) is 0.204. The number of anilines is 1. The molecule has 0 unspecified atom stereocenters. The molecule has 3 N–H and O–H groups in total. The van der Waals surface area contributed by atoms with E-state index in [-0.39, 0.29) is 42.2 Å². The summed E-state index contributed by atoms with van der Waals surface area (Å²) in [6.45, 7) is -1.71. The third kappa shape index (κ3) is 7.53. The van der Waals surface area contributed by atoms with Gasteiger partial charge in [0.15, 0.2) is 5.96 Å². The van der Waals surface area contributed by atoms with E-state index < -0.39 is 6.61 Å². The predicted molar refractivity (Wildman–Crippen MR) is 126 cm³/mol. The molecule has 0 bridgehead atoms. The minimum atomic E-state index is -2.87. The van der Waals surface area contributed by atoms with Crippen LogP contribution in [0.1, 0.15) is 17.5 Å². The van der Waals surface area contributed by atoms with E-state index in [0.717, 1.165) is 17.0 Å². The lowest BCUT2D eigenvalue weighted by Gasteiger charge is -2.18. The first-order valence-corrected chi connectivity index (χ1v) is 9.58. The van der Waals surface area contributed by atoms with Gasteiger partial charge in [-0.1, -0.05) is 18.2 Å². The number of aryl methyl sites for hydroxylation is 1. The first-order valence-electron chi connectivity index (χ1n) is 9.58. The molecule has 0 radical (unpaired) electrons. The van der Waals surface area contributed by atoms with Crippen molar-refractivity contribution in [2.24, 2.45) is 4.99 Å². The number of amides is 1. The summed E-state index contributed by atoms with van der Waals surface area (Å²) in [4.78, 5) is 15.5. The molecule has 0 atom stereocenters. The number of para-hydroxylation sites is 1. The van der Waals surface area contributed by atoms with Crippen molar-refractivity contribution in [1.29, 1.82) is 0 Å². The molecule has 2 aromatic rings. The lowest BCUT2D eigenvalue weighted by molar-refractivity contribution is -0.116. The van der Waals surface area contributed by atoms with Crippen LogP contribution in [0.3, 0.4) is 0 Å². The zero-order chi connectivity index (χ0) is 21.3. The van der Waals surface area contributed by atoms with Crippen molar-refractivity contribution < 1.29 is 23.0 Å². The van der Waals surface area contributed by atoms with Crippen molar-refractivity contribution in [1.82, 2.24) is 10.6 Å². The zero-order valence-electron chi connectivity index (χ0n) is 17.0. The van der Waals surface area contributed by atoms with Crippen LogP contribution in [0.5, 0.6) is 11.5 Å². The monoisotopic (exact) mass is 546 g/mol. The van der Waals surface area contributed by atoms with Gasteiger partial charge in [-0.15, -0.1) is 24.0 Å². The number of nitrogens with zero attached hydrogens (tertiary/aromatic N) is 1. The number of hydrogen-bond donors (Lipinski definition) is 3. The molecule has 0 saturated heterocycles. The fourth-order valence-electron chi connectivity index (χ4n) is 3.05. The zero-order valence-corrected chi connectivity index (χ0v) is 19.3. The first-order chi connectivity index (χ1) is 14.5. The van der Waals surface area contributed by atoms with E-state index in [2.05, 4.69) is 25.7 Å². The van der Waals surface area contributed by atoms with Crippen LogP contribution < -0.4 is 25.4 Å². The standard InChI is InChI=1S/C21H24F2N4O3.HI/c1-24-21(26-13-15-4-2-3-5-18(15)30-20(22)23)25-10-11-29-16-7-8-17-14(12-16)6-9-19(28)27-17;/h2-5,7-8,12,20H,6,9-11,13H2,1H3,(H,27,28)(H2,24,25,26);1H. The molecule has 0 spiro atoms. The largest absolute Gasteiger partial charge is 0.492 e. The average Bonchev–Trinajstić information content (AvgIpc) is 2.74. The molecule has 31 heavy (non-hydrogen) atoms. The van der Waals surface area contributed by atoms with E-state index in [1.807, 2.05) is 18.2 Å². The molecule has 0 saturated carbocycles. The Hall–Kier alpha value is -2.63. The number of carbonyl (C=O) groups is 1. The molecular weight excluding hydrogens is 521 g/mol. The number of benzene rings is 2. The first kappa shape index (κ1) is 24.6. The summed E-state index contributed by atoms with van der Waals surface area (Å²) in [5, 5.41) is 9.00. The summed E-state index contributed by atoms with van der Waals surface area (Å²) in [7, 11) is 1.62. The van der Waals surface area contributed by atoms with Crippen molar-refractivity contribution in [2.45, 2.75) is 26.0 Å². The number of fused-ring (bicyclic) bond motifs is 1. The molecular formula is C21H25F2IN4O3. The third-order valence-corrected chi connectivity index (χ3v) is 4.49. The second-order valence-corrected chi connectivity index (χ2v) is 6.55. The Morgan fingerprint density at radius 3 is 2.77 bits per heavy atom. The van der Waals surface area contributed by atoms with Crippen LogP contribution in [0.25, 0.3) is 0 Å². The molecule has 0 fully saturated rings. The SMILES string of the molecule is CN=C(NCCOc1ccc2c(c1)CCC(=O)N2)NCc1ccccc1OC(F)F.I. The van der Waals surface area contributed by atoms with Crippen LogP contribution in [-0.4, -0.2) is 38.7 Å². The fraction of sp³-hybridized carbons (Fsp3) is 0.333. The van der Waals surface area contributed by atoms with Crippen LogP contribution in [0.2, 0.25) is 0 Å². The van der Waals surface area contributed by atoms with Gasteiger partial charge in [-0.2, -0.15) is 8.78 Å². The molecule has 1 aliphatic rings. The summed E-state index contributed by atoms with van der Waals surface area (Å²) in [5.41, 5.74) is 2.48. The van der Waals surface area contributed by atoms with E-state index >= 15 is 0 Å².